The van der Waals surface area contributed by atoms with Gasteiger partial charge in [0, 0.05) is 17.5 Å². The third-order valence-electron chi connectivity index (χ3n) is 4.08. The van der Waals surface area contributed by atoms with Gasteiger partial charge in [0.2, 0.25) is 0 Å². The number of nitrogens with zero attached hydrogens (tertiary/aromatic N) is 3. The molecule has 0 spiro atoms. The van der Waals surface area contributed by atoms with E-state index in [0.717, 1.165) is 22.3 Å². The fourth-order valence-corrected chi connectivity index (χ4v) is 3.20. The number of anilines is 1. The second-order valence-electron chi connectivity index (χ2n) is 6.31. The average Bonchev–Trinajstić information content (AvgIpc) is 3.31. The summed E-state index contributed by atoms with van der Waals surface area (Å²) in [6.07, 6.45) is 1.47. The molecule has 1 N–H and O–H groups in total. The van der Waals surface area contributed by atoms with Gasteiger partial charge in [-0.1, -0.05) is 0 Å². The van der Waals surface area contributed by atoms with Gasteiger partial charge in [0.1, 0.15) is 22.8 Å². The largest absolute Gasteiger partial charge is 0.461 e. The smallest absolute Gasteiger partial charge is 0.257 e. The second-order valence-corrected chi connectivity index (χ2v) is 7.08. The summed E-state index contributed by atoms with van der Waals surface area (Å²) in [5, 5.41) is 11.5. The summed E-state index contributed by atoms with van der Waals surface area (Å²) in [4.78, 5) is 19.5. The number of carbonyl (C=O) groups is 1. The molecule has 9 nitrogen and oxygen atoms in total. The zero-order valence-electron chi connectivity index (χ0n) is 16.4. The Morgan fingerprint density at radius 3 is 2.70 bits per heavy atom. The van der Waals surface area contributed by atoms with Crippen LogP contribution in [-0.2, 0) is 16.3 Å². The van der Waals surface area contributed by atoms with Crippen LogP contribution in [0.5, 0.6) is 11.5 Å². The number of carbonyl (C=O) groups excluding carboxylic acids is 1. The Balaban J connectivity index is 1.62. The van der Waals surface area contributed by atoms with E-state index in [2.05, 4.69) is 20.4 Å². The number of aryl methyl sites for hydroxylation is 2. The van der Waals surface area contributed by atoms with Gasteiger partial charge in [0.25, 0.3) is 5.91 Å². The molecule has 0 fully saturated rings. The first-order chi connectivity index (χ1) is 14.5. The van der Waals surface area contributed by atoms with Crippen LogP contribution in [0.25, 0.3) is 11.0 Å². The van der Waals surface area contributed by atoms with E-state index in [4.69, 9.17) is 13.5 Å². The van der Waals surface area contributed by atoms with Gasteiger partial charge in [-0.05, 0) is 49.4 Å². The van der Waals surface area contributed by atoms with Crippen LogP contribution in [0.3, 0.4) is 0 Å². The number of rotatable bonds is 7. The van der Waals surface area contributed by atoms with E-state index in [1.54, 1.807) is 31.3 Å². The molecule has 0 saturated carbocycles. The van der Waals surface area contributed by atoms with Gasteiger partial charge in [-0.2, -0.15) is 14.2 Å². The van der Waals surface area contributed by atoms with Crippen molar-refractivity contribution in [2.24, 2.45) is 7.05 Å². The topological polar surface area (TPSA) is 101 Å². The van der Waals surface area contributed by atoms with Crippen LogP contribution in [-0.4, -0.2) is 28.0 Å². The first-order valence-electron chi connectivity index (χ1n) is 8.89. The van der Waals surface area contributed by atoms with Crippen LogP contribution in [0, 0.1) is 6.92 Å². The Morgan fingerprint density at radius 2 is 2.00 bits per heavy atom. The maximum atomic E-state index is 12.7. The van der Waals surface area contributed by atoms with Crippen molar-refractivity contribution in [1.29, 1.82) is 0 Å². The number of hydrogen-bond acceptors (Lipinski definition) is 8. The average molecular weight is 426 g/mol. The first-order valence-corrected chi connectivity index (χ1v) is 9.63. The first kappa shape index (κ1) is 20.0. The third kappa shape index (κ3) is 4.46. The van der Waals surface area contributed by atoms with Crippen molar-refractivity contribution in [3.05, 3.63) is 60.0 Å². The lowest BCUT2D eigenvalue weighted by Gasteiger charge is -2.09. The molecule has 0 saturated heterocycles. The third-order valence-corrected chi connectivity index (χ3v) is 4.74. The molecule has 0 aliphatic rings. The molecular formula is C20H18N4O5S. The SMILES string of the molecule is COOSc1ccc(Oc2cc(C(=O)Nc3cnn(C)n3)cc3oc(C)cc23)cc1. The Kier molecular flexibility index (Phi) is 5.70. The maximum Gasteiger partial charge on any atom is 0.257 e. The Bertz CT molecular complexity index is 1190. The molecule has 0 radical (unpaired) electrons. The van der Waals surface area contributed by atoms with E-state index >= 15 is 0 Å². The molecule has 0 aliphatic carbocycles. The molecule has 2 aromatic heterocycles. The van der Waals surface area contributed by atoms with E-state index in [1.807, 2.05) is 25.1 Å². The van der Waals surface area contributed by atoms with Crippen LogP contribution in [0.15, 0.2) is 58.0 Å². The Morgan fingerprint density at radius 1 is 1.20 bits per heavy atom. The van der Waals surface area contributed by atoms with E-state index < -0.39 is 0 Å². The van der Waals surface area contributed by atoms with Crippen molar-refractivity contribution < 1.29 is 23.2 Å². The van der Waals surface area contributed by atoms with Crippen LogP contribution in [0.1, 0.15) is 16.1 Å². The molecule has 2 heterocycles. The number of furan rings is 1. The maximum absolute atomic E-state index is 12.7. The molecule has 10 heteroatoms. The molecule has 0 aliphatic heterocycles. The van der Waals surface area contributed by atoms with Crippen molar-refractivity contribution in [1.82, 2.24) is 15.0 Å². The summed E-state index contributed by atoms with van der Waals surface area (Å²) in [5.74, 6) is 1.82. The van der Waals surface area contributed by atoms with Gasteiger partial charge < -0.3 is 14.5 Å². The zero-order valence-corrected chi connectivity index (χ0v) is 17.2. The highest BCUT2D eigenvalue weighted by Gasteiger charge is 2.16. The number of amides is 1. The molecule has 0 unspecified atom stereocenters. The van der Waals surface area contributed by atoms with Crippen LogP contribution in [0.4, 0.5) is 5.82 Å². The zero-order chi connectivity index (χ0) is 21.1. The summed E-state index contributed by atoms with van der Waals surface area (Å²) < 4.78 is 16.6. The predicted octanol–water partition coefficient (Wildman–Crippen LogP) is 4.50. The van der Waals surface area contributed by atoms with Crippen molar-refractivity contribution in [3.8, 4) is 11.5 Å². The van der Waals surface area contributed by atoms with Crippen molar-refractivity contribution in [3.63, 3.8) is 0 Å². The molecule has 154 valence electrons. The summed E-state index contributed by atoms with van der Waals surface area (Å²) in [6.45, 7) is 1.84. The normalized spacial score (nSPS) is 11.0. The molecule has 1 amide bonds. The highest BCUT2D eigenvalue weighted by molar-refractivity contribution is 7.94. The lowest BCUT2D eigenvalue weighted by molar-refractivity contribution is -0.160. The van der Waals surface area contributed by atoms with Crippen LogP contribution in [0.2, 0.25) is 0 Å². The Labute approximate surface area is 176 Å². The molecule has 4 rings (SSSR count). The monoisotopic (exact) mass is 426 g/mol. The number of aromatic nitrogens is 3. The van der Waals surface area contributed by atoms with Crippen molar-refractivity contribution >= 4 is 34.7 Å². The summed E-state index contributed by atoms with van der Waals surface area (Å²) >= 11 is 1.09. The summed E-state index contributed by atoms with van der Waals surface area (Å²) in [6, 6.07) is 12.5. The van der Waals surface area contributed by atoms with E-state index in [9.17, 15) is 4.79 Å². The summed E-state index contributed by atoms with van der Waals surface area (Å²) in [5.41, 5.74) is 0.924. The van der Waals surface area contributed by atoms with E-state index in [0.29, 0.717) is 34.2 Å². The van der Waals surface area contributed by atoms with Gasteiger partial charge in [0.15, 0.2) is 5.82 Å². The number of nitrogens with one attached hydrogen (secondary N) is 1. The van der Waals surface area contributed by atoms with Gasteiger partial charge in [-0.15, -0.1) is 5.10 Å². The quantitative estimate of drug-likeness (QED) is 0.262. The Hall–Kier alpha value is -3.34. The van der Waals surface area contributed by atoms with E-state index in [1.165, 1.54) is 18.1 Å². The number of fused-ring (bicyclic) bond motifs is 1. The minimum Gasteiger partial charge on any atom is -0.461 e. The lowest BCUT2D eigenvalue weighted by Crippen LogP contribution is -2.12. The van der Waals surface area contributed by atoms with Crippen molar-refractivity contribution in [2.45, 2.75) is 11.8 Å². The highest BCUT2D eigenvalue weighted by atomic mass is 32.2. The van der Waals surface area contributed by atoms with Crippen LogP contribution < -0.4 is 10.1 Å². The lowest BCUT2D eigenvalue weighted by atomic mass is 10.1. The second kappa shape index (κ2) is 8.57. The molecule has 0 atom stereocenters. The van der Waals surface area contributed by atoms with Gasteiger partial charge >= 0.3 is 0 Å². The van der Waals surface area contributed by atoms with Crippen molar-refractivity contribution in [2.75, 3.05) is 12.4 Å². The summed E-state index contributed by atoms with van der Waals surface area (Å²) in [7, 11) is 3.11. The van der Waals surface area contributed by atoms with Gasteiger partial charge in [-0.3, -0.25) is 4.79 Å². The fourth-order valence-electron chi connectivity index (χ4n) is 2.80. The molecule has 2 aromatic carbocycles. The minimum absolute atomic E-state index is 0.347. The molecule has 0 bridgehead atoms. The van der Waals surface area contributed by atoms with E-state index in [-0.39, 0.29) is 5.91 Å². The predicted molar refractivity (Wildman–Crippen MR) is 110 cm³/mol. The minimum atomic E-state index is -0.347. The number of hydrogen-bond donors (Lipinski definition) is 1. The molecule has 30 heavy (non-hydrogen) atoms. The standard InChI is InChI=1S/C20H18N4O5S/c1-12-8-16-17(27-12)9-13(20(25)22-19-11-21-24(2)23-19)10-18(16)28-14-4-6-15(7-5-14)30-29-26-3/h4-11H,1-3H3,(H,22,23,25). The number of benzene rings is 2. The van der Waals surface area contributed by atoms with Gasteiger partial charge in [-0.25, -0.2) is 4.89 Å². The molecule has 4 aromatic rings. The fraction of sp³-hybridized carbons (Fsp3) is 0.150. The molecular weight excluding hydrogens is 408 g/mol. The highest BCUT2D eigenvalue weighted by Crippen LogP contribution is 2.34. The number of ether oxygens (including phenoxy) is 1. The van der Waals surface area contributed by atoms with Gasteiger partial charge in [0.05, 0.1) is 30.7 Å². The van der Waals surface area contributed by atoms with Crippen LogP contribution >= 0.6 is 12.0 Å².